The molecule has 0 N–H and O–H groups in total. The van der Waals surface area contributed by atoms with Crippen LogP contribution in [-0.4, -0.2) is 23.3 Å². The Morgan fingerprint density at radius 3 is 2.31 bits per heavy atom. The average Bonchev–Trinajstić information content (AvgIpc) is 2.96. The van der Waals surface area contributed by atoms with Crippen LogP contribution in [0.5, 0.6) is 0 Å². The first-order chi connectivity index (χ1) is 15.4. The van der Waals surface area contributed by atoms with E-state index in [0.29, 0.717) is 24.0 Å². The lowest BCUT2D eigenvalue weighted by atomic mass is 9.71. The predicted molar refractivity (Wildman–Crippen MR) is 118 cm³/mol. The lowest BCUT2D eigenvalue weighted by Crippen LogP contribution is -2.37. The number of hydrogen-bond donors (Lipinski definition) is 0. The van der Waals surface area contributed by atoms with Crippen LogP contribution < -0.4 is 0 Å². The molecule has 0 saturated heterocycles. The van der Waals surface area contributed by atoms with Gasteiger partial charge in [-0.3, -0.25) is 14.5 Å². The van der Waals surface area contributed by atoms with Crippen molar-refractivity contribution in [3.63, 3.8) is 0 Å². The van der Waals surface area contributed by atoms with E-state index in [-0.39, 0.29) is 30.6 Å². The van der Waals surface area contributed by atoms with Gasteiger partial charge in [-0.1, -0.05) is 42.0 Å². The predicted octanol–water partition coefficient (Wildman–Crippen LogP) is 4.73. The Bertz CT molecular complexity index is 1290. The Hall–Kier alpha value is -3.78. The first-order valence-corrected chi connectivity index (χ1v) is 10.7. The summed E-state index contributed by atoms with van der Waals surface area (Å²) >= 11 is 0. The molecule has 5 heteroatoms. The standard InChI is InChI=1S/C27H21FN2O2/c1-17-6-7-18-8-9-19-15-20(28)10-11-23(19)27(16-29,24(18)14-17)12-13-30-25(31)21-4-2-3-5-22(21)26(30)32/h2-7,10-11,14-15H,8-9,12-13H2,1H3. The molecule has 0 bridgehead atoms. The van der Waals surface area contributed by atoms with Crippen LogP contribution in [0.25, 0.3) is 0 Å². The largest absolute Gasteiger partial charge is 0.274 e. The summed E-state index contributed by atoms with van der Waals surface area (Å²) in [6.07, 6.45) is 1.56. The van der Waals surface area contributed by atoms with E-state index in [2.05, 4.69) is 6.07 Å². The molecule has 3 aromatic rings. The number of halogens is 1. The summed E-state index contributed by atoms with van der Waals surface area (Å²) < 4.78 is 14.1. The normalized spacial score (nSPS) is 19.1. The number of carbonyl (C=O) groups is 2. The van der Waals surface area contributed by atoms with Gasteiger partial charge in [0, 0.05) is 6.54 Å². The van der Waals surface area contributed by atoms with E-state index >= 15 is 0 Å². The first-order valence-electron chi connectivity index (χ1n) is 10.7. The number of imide groups is 1. The van der Waals surface area contributed by atoms with E-state index in [1.807, 2.05) is 25.1 Å². The Labute approximate surface area is 185 Å². The molecule has 1 heterocycles. The molecule has 0 aromatic heterocycles. The number of nitrogens with zero attached hydrogens (tertiary/aromatic N) is 2. The topological polar surface area (TPSA) is 61.2 Å². The average molecular weight is 424 g/mol. The minimum atomic E-state index is -1.09. The summed E-state index contributed by atoms with van der Waals surface area (Å²) in [5.41, 5.74) is 4.18. The van der Waals surface area contributed by atoms with E-state index in [4.69, 9.17) is 0 Å². The maximum atomic E-state index is 14.1. The highest BCUT2D eigenvalue weighted by Gasteiger charge is 2.42. The third kappa shape index (κ3) is 2.95. The third-order valence-corrected chi connectivity index (χ3v) is 6.70. The first kappa shape index (κ1) is 20.1. The molecule has 2 amide bonds. The lowest BCUT2D eigenvalue weighted by molar-refractivity contribution is 0.0648. The molecule has 0 saturated carbocycles. The van der Waals surface area contributed by atoms with Gasteiger partial charge in [0.05, 0.1) is 17.2 Å². The van der Waals surface area contributed by atoms with Crippen molar-refractivity contribution in [2.75, 3.05) is 6.54 Å². The maximum Gasteiger partial charge on any atom is 0.261 e. The van der Waals surface area contributed by atoms with Crippen LogP contribution in [0.1, 0.15) is 55.0 Å². The number of carbonyl (C=O) groups excluding carboxylic acids is 2. The van der Waals surface area contributed by atoms with Gasteiger partial charge >= 0.3 is 0 Å². The zero-order valence-electron chi connectivity index (χ0n) is 17.7. The fraction of sp³-hybridized carbons (Fsp3) is 0.222. The Kier molecular flexibility index (Phi) is 4.67. The minimum Gasteiger partial charge on any atom is -0.274 e. The summed E-state index contributed by atoms with van der Waals surface area (Å²) in [7, 11) is 0. The van der Waals surface area contributed by atoms with Crippen LogP contribution in [0, 0.1) is 24.1 Å². The molecule has 0 radical (unpaired) electrons. The molecule has 2 aliphatic rings. The highest BCUT2D eigenvalue weighted by Crippen LogP contribution is 2.43. The van der Waals surface area contributed by atoms with Crippen molar-refractivity contribution in [1.29, 1.82) is 5.26 Å². The van der Waals surface area contributed by atoms with Gasteiger partial charge in [-0.05, 0) is 72.7 Å². The Morgan fingerprint density at radius 2 is 1.62 bits per heavy atom. The maximum absolute atomic E-state index is 14.1. The molecule has 158 valence electrons. The summed E-state index contributed by atoms with van der Waals surface area (Å²) in [5, 5.41) is 10.6. The zero-order chi connectivity index (χ0) is 22.5. The highest BCUT2D eigenvalue weighted by atomic mass is 19.1. The smallest absolute Gasteiger partial charge is 0.261 e. The number of hydrogen-bond acceptors (Lipinski definition) is 3. The molecule has 1 unspecified atom stereocenters. The van der Waals surface area contributed by atoms with Gasteiger partial charge in [-0.15, -0.1) is 0 Å². The number of benzene rings is 3. The zero-order valence-corrected chi connectivity index (χ0v) is 17.7. The number of amides is 2. The molecule has 4 nitrogen and oxygen atoms in total. The van der Waals surface area contributed by atoms with E-state index < -0.39 is 5.41 Å². The molecular formula is C27H21FN2O2. The molecule has 0 fully saturated rings. The van der Waals surface area contributed by atoms with Gasteiger partial charge in [0.25, 0.3) is 11.8 Å². The fourth-order valence-electron chi connectivity index (χ4n) is 5.07. The molecule has 0 spiro atoms. The van der Waals surface area contributed by atoms with Crippen molar-refractivity contribution in [2.45, 2.75) is 31.6 Å². The van der Waals surface area contributed by atoms with Crippen LogP contribution >= 0.6 is 0 Å². The second-order valence-corrected chi connectivity index (χ2v) is 8.54. The number of nitriles is 1. The van der Waals surface area contributed by atoms with Gasteiger partial charge in [-0.2, -0.15) is 5.26 Å². The van der Waals surface area contributed by atoms with E-state index in [1.54, 1.807) is 30.3 Å². The molecular weight excluding hydrogens is 403 g/mol. The van der Waals surface area contributed by atoms with E-state index in [0.717, 1.165) is 27.8 Å². The molecule has 1 aliphatic carbocycles. The molecule has 5 rings (SSSR count). The highest BCUT2D eigenvalue weighted by molar-refractivity contribution is 6.21. The van der Waals surface area contributed by atoms with Gasteiger partial charge < -0.3 is 0 Å². The second-order valence-electron chi connectivity index (χ2n) is 8.54. The molecule has 1 aliphatic heterocycles. The number of rotatable bonds is 3. The van der Waals surface area contributed by atoms with Crippen LogP contribution in [-0.2, 0) is 18.3 Å². The molecule has 3 aromatic carbocycles. The van der Waals surface area contributed by atoms with Gasteiger partial charge in [0.15, 0.2) is 0 Å². The molecule has 32 heavy (non-hydrogen) atoms. The van der Waals surface area contributed by atoms with Crippen molar-refractivity contribution in [3.8, 4) is 6.07 Å². The van der Waals surface area contributed by atoms with Crippen LogP contribution in [0.15, 0.2) is 60.7 Å². The minimum absolute atomic E-state index is 0.101. The number of fused-ring (bicyclic) bond motifs is 3. The van der Waals surface area contributed by atoms with Crippen molar-refractivity contribution in [2.24, 2.45) is 0 Å². The summed E-state index contributed by atoms with van der Waals surface area (Å²) in [5.74, 6) is -1.01. The van der Waals surface area contributed by atoms with Gasteiger partial charge in [0.2, 0.25) is 0 Å². The Morgan fingerprint density at radius 1 is 0.938 bits per heavy atom. The van der Waals surface area contributed by atoms with Crippen molar-refractivity contribution >= 4 is 11.8 Å². The van der Waals surface area contributed by atoms with Crippen LogP contribution in [0.3, 0.4) is 0 Å². The van der Waals surface area contributed by atoms with Gasteiger partial charge in [0.1, 0.15) is 11.2 Å². The number of aryl methyl sites for hydroxylation is 3. The monoisotopic (exact) mass is 424 g/mol. The van der Waals surface area contributed by atoms with Crippen molar-refractivity contribution < 1.29 is 14.0 Å². The third-order valence-electron chi connectivity index (χ3n) is 6.70. The summed E-state index contributed by atoms with van der Waals surface area (Å²) in [4.78, 5) is 27.0. The van der Waals surface area contributed by atoms with E-state index in [1.165, 1.54) is 17.0 Å². The molecule has 1 atom stereocenters. The quantitative estimate of drug-likeness (QED) is 0.571. The fourth-order valence-corrected chi connectivity index (χ4v) is 5.07. The lowest BCUT2D eigenvalue weighted by Gasteiger charge is -2.31. The van der Waals surface area contributed by atoms with Gasteiger partial charge in [-0.25, -0.2) is 4.39 Å². The van der Waals surface area contributed by atoms with Crippen molar-refractivity contribution in [3.05, 3.63) is 105 Å². The summed E-state index contributed by atoms with van der Waals surface area (Å²) in [6, 6.07) is 19.9. The van der Waals surface area contributed by atoms with Crippen molar-refractivity contribution in [1.82, 2.24) is 4.90 Å². The Balaban J connectivity index is 1.61. The summed E-state index contributed by atoms with van der Waals surface area (Å²) in [6.45, 7) is 2.08. The second kappa shape index (κ2) is 7.42. The van der Waals surface area contributed by atoms with Crippen LogP contribution in [0.2, 0.25) is 0 Å². The SMILES string of the molecule is Cc1ccc2c(c1)C(C#N)(CCN1C(=O)c3ccccc3C1=O)c1ccc(F)cc1CC2. The van der Waals surface area contributed by atoms with E-state index in [9.17, 15) is 19.2 Å². The van der Waals surface area contributed by atoms with Crippen LogP contribution in [0.4, 0.5) is 4.39 Å².